The maximum Gasteiger partial charge on any atom is 0.281 e. The minimum absolute atomic E-state index is 0.0388. The summed E-state index contributed by atoms with van der Waals surface area (Å²) < 4.78 is 4.93. The molecule has 33 heavy (non-hydrogen) atoms. The zero-order valence-electron chi connectivity index (χ0n) is 17.6. The lowest BCUT2D eigenvalue weighted by atomic mass is 10.00. The van der Waals surface area contributed by atoms with Gasteiger partial charge in [-0.1, -0.05) is 11.6 Å². The molecule has 0 amide bonds. The van der Waals surface area contributed by atoms with E-state index in [2.05, 4.69) is 40.0 Å². The molecule has 0 aromatic carbocycles. The number of hydrogen-bond donors (Lipinski definition) is 2. The van der Waals surface area contributed by atoms with Gasteiger partial charge in [0.1, 0.15) is 5.69 Å². The molecule has 11 nitrogen and oxygen atoms in total. The average molecular weight is 466 g/mol. The van der Waals surface area contributed by atoms with Crippen LogP contribution in [-0.4, -0.2) is 59.9 Å². The molecule has 1 atom stereocenters. The molecule has 0 aliphatic carbocycles. The van der Waals surface area contributed by atoms with E-state index in [1.165, 1.54) is 18.6 Å². The molecule has 168 valence electrons. The predicted molar refractivity (Wildman–Crippen MR) is 120 cm³/mol. The Kier molecular flexibility index (Phi) is 6.81. The van der Waals surface area contributed by atoms with Gasteiger partial charge in [0.15, 0.2) is 0 Å². The number of carbonyl (C=O) groups is 1. The van der Waals surface area contributed by atoms with E-state index in [1.54, 1.807) is 24.7 Å². The fourth-order valence-corrected chi connectivity index (χ4v) is 3.52. The van der Waals surface area contributed by atoms with Gasteiger partial charge in [-0.25, -0.2) is 9.97 Å². The molecule has 5 heterocycles. The molecular weight excluding hydrogens is 446 g/mol. The number of likely N-dealkylation sites (N-methyl/N-ethyl adjacent to an activating group) is 1. The number of pyridine rings is 1. The van der Waals surface area contributed by atoms with Gasteiger partial charge in [0.05, 0.1) is 35.0 Å². The molecule has 0 saturated heterocycles. The maximum atomic E-state index is 10.2. The predicted octanol–water partition coefficient (Wildman–Crippen LogP) is 2.33. The highest BCUT2D eigenvalue weighted by atomic mass is 35.5. The van der Waals surface area contributed by atoms with Crippen LogP contribution in [0.4, 0.5) is 0 Å². The zero-order valence-corrected chi connectivity index (χ0v) is 18.3. The number of imidazole rings is 1. The van der Waals surface area contributed by atoms with E-state index in [-0.39, 0.29) is 17.8 Å². The number of rotatable bonds is 4. The summed E-state index contributed by atoms with van der Waals surface area (Å²) in [6.07, 6.45) is 11.2. The van der Waals surface area contributed by atoms with Crippen LogP contribution in [0.15, 0.2) is 53.4 Å². The molecule has 12 heteroatoms. The van der Waals surface area contributed by atoms with Crippen molar-refractivity contribution >= 4 is 24.0 Å². The third-order valence-electron chi connectivity index (χ3n) is 4.90. The van der Waals surface area contributed by atoms with Crippen molar-refractivity contribution in [3.05, 3.63) is 76.9 Å². The second-order valence-corrected chi connectivity index (χ2v) is 7.48. The van der Waals surface area contributed by atoms with Gasteiger partial charge in [-0.2, -0.15) is 0 Å². The third kappa shape index (κ3) is 5.10. The standard InChI is InChI=1S/C14H16ClN5.C7H4N4O2/c1-20-6-4-11-13(19-8-18-11)14(20)10(16)7-12-9(15)3-2-5-17-12;12-4-6-10-11-7(13-6)5-3-8-1-2-9-5/h2-3,5,7-8,14H,4,6,16H2,1H3,(H,18,19);1-4H/b10-7-;. The van der Waals surface area contributed by atoms with E-state index in [9.17, 15) is 4.79 Å². The van der Waals surface area contributed by atoms with Crippen LogP contribution in [0.1, 0.15) is 33.8 Å². The average Bonchev–Trinajstić information content (AvgIpc) is 3.51. The lowest BCUT2D eigenvalue weighted by Gasteiger charge is -2.31. The van der Waals surface area contributed by atoms with Gasteiger partial charge >= 0.3 is 0 Å². The molecule has 0 fully saturated rings. The van der Waals surface area contributed by atoms with Crippen molar-refractivity contribution in [2.24, 2.45) is 5.73 Å². The molecule has 0 bridgehead atoms. The van der Waals surface area contributed by atoms with Crippen molar-refractivity contribution in [2.75, 3.05) is 13.6 Å². The first-order valence-electron chi connectivity index (χ1n) is 9.92. The molecule has 0 spiro atoms. The highest BCUT2D eigenvalue weighted by Crippen LogP contribution is 2.31. The Balaban J connectivity index is 0.000000172. The van der Waals surface area contributed by atoms with Crippen LogP contribution in [0.2, 0.25) is 5.02 Å². The Hall–Kier alpha value is -3.96. The number of nitrogens with one attached hydrogen (secondary N) is 1. The summed E-state index contributed by atoms with van der Waals surface area (Å²) in [6.45, 7) is 0.935. The lowest BCUT2D eigenvalue weighted by Crippen LogP contribution is -2.35. The second-order valence-electron chi connectivity index (χ2n) is 7.07. The number of nitrogens with zero attached hydrogens (tertiary/aromatic N) is 7. The fraction of sp³-hybridized carbons (Fsp3) is 0.190. The van der Waals surface area contributed by atoms with Crippen molar-refractivity contribution in [1.82, 2.24) is 40.0 Å². The van der Waals surface area contributed by atoms with Crippen molar-refractivity contribution in [3.8, 4) is 11.6 Å². The maximum absolute atomic E-state index is 10.2. The number of aromatic nitrogens is 7. The number of hydrogen-bond acceptors (Lipinski definition) is 10. The highest BCUT2D eigenvalue weighted by Gasteiger charge is 2.29. The van der Waals surface area contributed by atoms with E-state index < -0.39 is 0 Å². The molecule has 1 aliphatic rings. The normalized spacial score (nSPS) is 15.9. The number of halogens is 1. The first kappa shape index (κ1) is 22.2. The number of carbonyl (C=O) groups excluding carboxylic acids is 1. The van der Waals surface area contributed by atoms with Gasteiger partial charge in [-0.05, 0) is 25.3 Å². The minimum Gasteiger partial charge on any atom is -0.412 e. The molecule has 0 radical (unpaired) electrons. The zero-order chi connectivity index (χ0) is 23.2. The fourth-order valence-electron chi connectivity index (χ4n) is 3.34. The van der Waals surface area contributed by atoms with Crippen LogP contribution in [0.5, 0.6) is 0 Å². The monoisotopic (exact) mass is 465 g/mol. The smallest absolute Gasteiger partial charge is 0.281 e. The lowest BCUT2D eigenvalue weighted by molar-refractivity contribution is 0.109. The van der Waals surface area contributed by atoms with Crippen molar-refractivity contribution in [2.45, 2.75) is 12.5 Å². The molecule has 4 aromatic rings. The van der Waals surface area contributed by atoms with Gasteiger partial charge in [0, 0.05) is 42.9 Å². The Bertz CT molecular complexity index is 1260. The molecule has 0 saturated carbocycles. The summed E-state index contributed by atoms with van der Waals surface area (Å²) in [5, 5.41) is 7.66. The molecule has 1 unspecified atom stereocenters. The van der Waals surface area contributed by atoms with E-state index >= 15 is 0 Å². The first-order chi connectivity index (χ1) is 16.1. The van der Waals surface area contributed by atoms with Crippen molar-refractivity contribution < 1.29 is 9.21 Å². The van der Waals surface area contributed by atoms with E-state index in [0.717, 1.165) is 24.4 Å². The van der Waals surface area contributed by atoms with E-state index in [1.807, 2.05) is 13.1 Å². The highest BCUT2D eigenvalue weighted by molar-refractivity contribution is 6.31. The Labute approximate surface area is 193 Å². The summed E-state index contributed by atoms with van der Waals surface area (Å²) in [6, 6.07) is 3.56. The van der Waals surface area contributed by atoms with Crippen LogP contribution in [0.25, 0.3) is 17.7 Å². The van der Waals surface area contributed by atoms with Gasteiger partial charge in [-0.3, -0.25) is 19.7 Å². The molecule has 4 aromatic heterocycles. The Morgan fingerprint density at radius 2 is 2.15 bits per heavy atom. The third-order valence-corrected chi connectivity index (χ3v) is 5.22. The van der Waals surface area contributed by atoms with Gasteiger partial charge < -0.3 is 15.1 Å². The number of aldehydes is 1. The van der Waals surface area contributed by atoms with Crippen LogP contribution in [-0.2, 0) is 6.42 Å². The number of fused-ring (bicyclic) bond motifs is 1. The number of aromatic amines is 1. The van der Waals surface area contributed by atoms with Gasteiger partial charge in [0.2, 0.25) is 6.29 Å². The van der Waals surface area contributed by atoms with E-state index in [4.69, 9.17) is 21.8 Å². The van der Waals surface area contributed by atoms with Gasteiger partial charge in [-0.15, -0.1) is 10.2 Å². The SMILES string of the molecule is CN1CCc2[nH]cnc2C1/C(N)=C/c1ncccc1Cl.O=Cc1nnc(-c2cnccn2)o1. The summed E-state index contributed by atoms with van der Waals surface area (Å²) in [5.41, 5.74) is 10.2. The summed E-state index contributed by atoms with van der Waals surface area (Å²) in [4.78, 5) is 32.0. The van der Waals surface area contributed by atoms with Gasteiger partial charge in [0.25, 0.3) is 11.8 Å². The van der Waals surface area contributed by atoms with Crippen LogP contribution >= 0.6 is 11.6 Å². The number of H-pyrrole nitrogens is 1. The van der Waals surface area contributed by atoms with Crippen LogP contribution < -0.4 is 5.73 Å². The quantitative estimate of drug-likeness (QED) is 0.429. The topological polar surface area (TPSA) is 153 Å². The molecule has 1 aliphatic heterocycles. The van der Waals surface area contributed by atoms with Crippen molar-refractivity contribution in [3.63, 3.8) is 0 Å². The Morgan fingerprint density at radius 3 is 2.88 bits per heavy atom. The first-order valence-corrected chi connectivity index (χ1v) is 10.3. The van der Waals surface area contributed by atoms with Crippen LogP contribution in [0, 0.1) is 0 Å². The van der Waals surface area contributed by atoms with Crippen molar-refractivity contribution in [1.29, 1.82) is 0 Å². The minimum atomic E-state index is -0.0688. The Morgan fingerprint density at radius 1 is 1.27 bits per heavy atom. The summed E-state index contributed by atoms with van der Waals surface area (Å²) >= 11 is 6.12. The van der Waals surface area contributed by atoms with Crippen LogP contribution in [0.3, 0.4) is 0 Å². The largest absolute Gasteiger partial charge is 0.412 e. The number of nitrogens with two attached hydrogens (primary N) is 1. The summed E-state index contributed by atoms with van der Waals surface area (Å²) in [5.74, 6) is 0.121. The second kappa shape index (κ2) is 10.1. The molecule has 5 rings (SSSR count). The summed E-state index contributed by atoms with van der Waals surface area (Å²) in [7, 11) is 2.04. The van der Waals surface area contributed by atoms with E-state index in [0.29, 0.717) is 28.4 Å². The molecular formula is C21H20ClN9O2. The molecule has 3 N–H and O–H groups in total.